The van der Waals surface area contributed by atoms with Crippen molar-refractivity contribution < 1.29 is 22.7 Å². The van der Waals surface area contributed by atoms with Crippen molar-refractivity contribution in [2.24, 2.45) is 11.3 Å². The maximum atomic E-state index is 13.1. The summed E-state index contributed by atoms with van der Waals surface area (Å²) in [6, 6.07) is 12.4. The lowest BCUT2D eigenvalue weighted by atomic mass is 9.92. The molecule has 3 rings (SSSR count). The fraction of sp³-hybridized carbons (Fsp3) is 0.458. The number of hydrogen-bond acceptors (Lipinski definition) is 5. The lowest BCUT2D eigenvalue weighted by molar-refractivity contribution is -0.127. The van der Waals surface area contributed by atoms with E-state index in [0.29, 0.717) is 30.1 Å². The molecule has 0 bridgehead atoms. The largest absolute Gasteiger partial charge is 0.497 e. The van der Waals surface area contributed by atoms with Gasteiger partial charge in [0.05, 0.1) is 29.7 Å². The van der Waals surface area contributed by atoms with E-state index in [1.807, 2.05) is 38.1 Å². The van der Waals surface area contributed by atoms with Gasteiger partial charge in [0.1, 0.15) is 18.1 Å². The summed E-state index contributed by atoms with van der Waals surface area (Å²) in [5.74, 6) is 1.45. The molecule has 1 heterocycles. The molecule has 0 saturated heterocycles. The molecular weight excluding hydrogens is 428 g/mol. The van der Waals surface area contributed by atoms with Gasteiger partial charge in [0.2, 0.25) is 15.9 Å². The molecule has 8 heteroatoms. The first-order chi connectivity index (χ1) is 15.0. The average molecular weight is 461 g/mol. The van der Waals surface area contributed by atoms with Gasteiger partial charge in [-0.05, 0) is 56.0 Å². The summed E-state index contributed by atoms with van der Waals surface area (Å²) in [6.45, 7) is 8.61. The van der Waals surface area contributed by atoms with Crippen LogP contribution in [0.15, 0.2) is 42.5 Å². The van der Waals surface area contributed by atoms with Gasteiger partial charge < -0.3 is 14.4 Å². The molecule has 32 heavy (non-hydrogen) atoms. The van der Waals surface area contributed by atoms with Crippen molar-refractivity contribution in [3.05, 3.63) is 48.0 Å². The quantitative estimate of drug-likeness (QED) is 0.641. The van der Waals surface area contributed by atoms with E-state index in [1.54, 1.807) is 30.2 Å². The Morgan fingerprint density at radius 3 is 2.47 bits per heavy atom. The van der Waals surface area contributed by atoms with Crippen molar-refractivity contribution in [2.75, 3.05) is 35.6 Å². The molecule has 0 saturated carbocycles. The number of carbonyl (C=O) groups is 1. The van der Waals surface area contributed by atoms with Gasteiger partial charge in [0.15, 0.2) is 0 Å². The van der Waals surface area contributed by atoms with Gasteiger partial charge in [-0.2, -0.15) is 0 Å². The van der Waals surface area contributed by atoms with Crippen LogP contribution in [0, 0.1) is 11.3 Å². The molecule has 0 unspecified atom stereocenters. The number of rotatable bonds is 8. The predicted octanol–water partition coefficient (Wildman–Crippen LogP) is 4.09. The summed E-state index contributed by atoms with van der Waals surface area (Å²) in [6.07, 6.45) is 0.381. The van der Waals surface area contributed by atoms with E-state index in [0.717, 1.165) is 11.3 Å². The molecular formula is C24H32N2O5S. The third-order valence-electron chi connectivity index (χ3n) is 5.30. The smallest absolute Gasteiger partial charge is 0.236 e. The van der Waals surface area contributed by atoms with Gasteiger partial charge in [0, 0.05) is 12.6 Å². The Morgan fingerprint density at radius 2 is 1.84 bits per heavy atom. The first kappa shape index (κ1) is 23.9. The fourth-order valence-electron chi connectivity index (χ4n) is 3.53. The van der Waals surface area contributed by atoms with E-state index in [4.69, 9.17) is 9.47 Å². The number of nitrogens with one attached hydrogen (secondary N) is 1. The second-order valence-electron chi connectivity index (χ2n) is 9.18. The van der Waals surface area contributed by atoms with Crippen LogP contribution in [0.3, 0.4) is 0 Å². The minimum Gasteiger partial charge on any atom is -0.497 e. The van der Waals surface area contributed by atoms with Crippen molar-refractivity contribution in [3.8, 4) is 11.5 Å². The molecule has 7 nitrogen and oxygen atoms in total. The zero-order valence-corrected chi connectivity index (χ0v) is 20.2. The maximum absolute atomic E-state index is 13.1. The molecule has 0 spiro atoms. The number of anilines is 2. The Hall–Kier alpha value is -2.74. The van der Waals surface area contributed by atoms with Crippen LogP contribution in [0.5, 0.6) is 11.5 Å². The van der Waals surface area contributed by atoms with Crippen molar-refractivity contribution >= 4 is 27.3 Å². The molecule has 2 aromatic carbocycles. The number of fused-ring (bicyclic) bond motifs is 1. The summed E-state index contributed by atoms with van der Waals surface area (Å²) in [5.41, 5.74) is 1.31. The Labute approximate surface area is 190 Å². The second kappa shape index (κ2) is 9.40. The molecule has 1 aliphatic rings. The highest BCUT2D eigenvalue weighted by atomic mass is 32.2. The zero-order chi connectivity index (χ0) is 23.5. The molecule has 0 fully saturated rings. The average Bonchev–Trinajstić information content (AvgIpc) is 2.82. The van der Waals surface area contributed by atoms with E-state index in [-0.39, 0.29) is 24.2 Å². The Morgan fingerprint density at radius 1 is 1.16 bits per heavy atom. The van der Waals surface area contributed by atoms with E-state index in [1.165, 1.54) is 0 Å². The standard InChI is InChI=1S/C24H32N2O5S/c1-17(2)15-26-21-11-8-19(14-22(21)31-16-24(3,4)23(26)27)25-32(28,29)13-12-18-6-9-20(30-5)10-7-18/h6-11,14,17,25H,12-13,15-16H2,1-5H3. The van der Waals surface area contributed by atoms with Crippen LogP contribution < -0.4 is 19.1 Å². The summed E-state index contributed by atoms with van der Waals surface area (Å²) in [4.78, 5) is 14.8. The van der Waals surface area contributed by atoms with E-state index < -0.39 is 15.4 Å². The second-order valence-corrected chi connectivity index (χ2v) is 11.0. The first-order valence-corrected chi connectivity index (χ1v) is 12.4. The fourth-order valence-corrected chi connectivity index (χ4v) is 4.62. The van der Waals surface area contributed by atoms with Crippen molar-refractivity contribution in [2.45, 2.75) is 34.1 Å². The molecule has 2 aromatic rings. The number of amides is 1. The van der Waals surface area contributed by atoms with Crippen LogP contribution in [0.4, 0.5) is 11.4 Å². The van der Waals surface area contributed by atoms with E-state index >= 15 is 0 Å². The lowest BCUT2D eigenvalue weighted by Crippen LogP contribution is -2.43. The highest BCUT2D eigenvalue weighted by Gasteiger charge is 2.38. The number of aryl methyl sites for hydroxylation is 1. The van der Waals surface area contributed by atoms with Crippen LogP contribution in [0.2, 0.25) is 0 Å². The topological polar surface area (TPSA) is 84.9 Å². The molecule has 0 aromatic heterocycles. The van der Waals surface area contributed by atoms with Gasteiger partial charge in [0.25, 0.3) is 0 Å². The van der Waals surface area contributed by atoms with Gasteiger partial charge in [-0.1, -0.05) is 26.0 Å². The van der Waals surface area contributed by atoms with Crippen LogP contribution in [-0.2, 0) is 21.2 Å². The zero-order valence-electron chi connectivity index (χ0n) is 19.3. The Bertz CT molecular complexity index is 1060. The minimum absolute atomic E-state index is 0.00206. The minimum atomic E-state index is -3.57. The third kappa shape index (κ3) is 5.73. The Kier molecular flexibility index (Phi) is 7.03. The van der Waals surface area contributed by atoms with Gasteiger partial charge in [-0.3, -0.25) is 9.52 Å². The molecule has 174 valence electrons. The number of sulfonamides is 1. The summed E-state index contributed by atoms with van der Waals surface area (Å²) in [5, 5.41) is 0. The summed E-state index contributed by atoms with van der Waals surface area (Å²) in [7, 11) is -1.98. The maximum Gasteiger partial charge on any atom is 0.236 e. The lowest BCUT2D eigenvalue weighted by Gasteiger charge is -2.29. The molecule has 1 N–H and O–H groups in total. The number of carbonyl (C=O) groups excluding carboxylic acids is 1. The number of methoxy groups -OCH3 is 1. The van der Waals surface area contributed by atoms with Gasteiger partial charge in [-0.25, -0.2) is 8.42 Å². The molecule has 0 radical (unpaired) electrons. The van der Waals surface area contributed by atoms with Crippen molar-refractivity contribution in [3.63, 3.8) is 0 Å². The molecule has 1 amide bonds. The van der Waals surface area contributed by atoms with E-state index in [9.17, 15) is 13.2 Å². The third-order valence-corrected chi connectivity index (χ3v) is 6.59. The molecule has 0 aliphatic carbocycles. The van der Waals surface area contributed by atoms with E-state index in [2.05, 4.69) is 18.6 Å². The van der Waals surface area contributed by atoms with Crippen LogP contribution >= 0.6 is 0 Å². The van der Waals surface area contributed by atoms with Gasteiger partial charge in [-0.15, -0.1) is 0 Å². The summed E-state index contributed by atoms with van der Waals surface area (Å²) >= 11 is 0. The van der Waals surface area contributed by atoms with Crippen LogP contribution in [0.1, 0.15) is 33.3 Å². The summed E-state index contributed by atoms with van der Waals surface area (Å²) < 4.78 is 39.0. The number of ether oxygens (including phenoxy) is 2. The highest BCUT2D eigenvalue weighted by Crippen LogP contribution is 2.38. The van der Waals surface area contributed by atoms with Crippen molar-refractivity contribution in [1.82, 2.24) is 0 Å². The monoisotopic (exact) mass is 460 g/mol. The predicted molar refractivity (Wildman–Crippen MR) is 127 cm³/mol. The normalized spacial score (nSPS) is 15.7. The number of nitrogens with zero attached hydrogens (tertiary/aromatic N) is 1. The van der Waals surface area contributed by atoms with Gasteiger partial charge >= 0.3 is 0 Å². The van der Waals surface area contributed by atoms with Crippen molar-refractivity contribution in [1.29, 1.82) is 0 Å². The molecule has 0 atom stereocenters. The van der Waals surface area contributed by atoms with Crippen LogP contribution in [-0.4, -0.2) is 40.3 Å². The Balaban J connectivity index is 1.77. The highest BCUT2D eigenvalue weighted by molar-refractivity contribution is 7.92. The molecule has 1 aliphatic heterocycles. The SMILES string of the molecule is COc1ccc(CCS(=O)(=O)Nc2ccc3c(c2)OCC(C)(C)C(=O)N3CC(C)C)cc1. The number of hydrogen-bond donors (Lipinski definition) is 1. The number of benzene rings is 2. The van der Waals surface area contributed by atoms with Crippen LogP contribution in [0.25, 0.3) is 0 Å². The first-order valence-electron chi connectivity index (χ1n) is 10.7.